The van der Waals surface area contributed by atoms with E-state index >= 15 is 0 Å². The Hall–Kier alpha value is -3.88. The van der Waals surface area contributed by atoms with E-state index in [0.29, 0.717) is 23.4 Å². The smallest absolute Gasteiger partial charge is 0.358 e. The van der Waals surface area contributed by atoms with E-state index in [-0.39, 0.29) is 11.6 Å². The molecule has 0 aliphatic carbocycles. The monoisotopic (exact) mass is 381 g/mol. The molecule has 0 spiro atoms. The SMILES string of the molecule is Cc1cc([N+](=O)[O-])nn1Cc1ccc(C(=O)N/N=C/c2ccc(F)cc2)cc1. The maximum Gasteiger partial charge on any atom is 0.390 e. The Labute approximate surface area is 159 Å². The topological polar surface area (TPSA) is 102 Å². The molecule has 1 aromatic heterocycles. The zero-order valence-electron chi connectivity index (χ0n) is 14.9. The fraction of sp³-hybridized carbons (Fsp3) is 0.105. The molecule has 3 rings (SSSR count). The Bertz CT molecular complexity index is 1030. The van der Waals surface area contributed by atoms with Crippen molar-refractivity contribution in [2.24, 2.45) is 5.10 Å². The zero-order chi connectivity index (χ0) is 20.1. The highest BCUT2D eigenvalue weighted by atomic mass is 19.1. The van der Waals surface area contributed by atoms with Crippen molar-refractivity contribution in [3.05, 3.63) is 92.9 Å². The summed E-state index contributed by atoms with van der Waals surface area (Å²) in [5, 5.41) is 18.6. The highest BCUT2D eigenvalue weighted by Gasteiger charge is 2.15. The fourth-order valence-corrected chi connectivity index (χ4v) is 2.46. The van der Waals surface area contributed by atoms with Gasteiger partial charge in [0.2, 0.25) is 0 Å². The number of aryl methyl sites for hydroxylation is 1. The molecule has 142 valence electrons. The maximum absolute atomic E-state index is 12.8. The largest absolute Gasteiger partial charge is 0.390 e. The third-order valence-electron chi connectivity index (χ3n) is 3.95. The average molecular weight is 381 g/mol. The Balaban J connectivity index is 1.61. The first kappa shape index (κ1) is 18.9. The first-order valence-electron chi connectivity index (χ1n) is 8.29. The molecule has 0 atom stereocenters. The summed E-state index contributed by atoms with van der Waals surface area (Å²) in [5.41, 5.74) is 4.97. The van der Waals surface area contributed by atoms with Gasteiger partial charge in [-0.2, -0.15) is 9.78 Å². The van der Waals surface area contributed by atoms with E-state index in [2.05, 4.69) is 15.6 Å². The van der Waals surface area contributed by atoms with Crippen LogP contribution in [0.3, 0.4) is 0 Å². The van der Waals surface area contributed by atoms with Crippen molar-refractivity contribution < 1.29 is 14.1 Å². The summed E-state index contributed by atoms with van der Waals surface area (Å²) in [6.45, 7) is 2.09. The van der Waals surface area contributed by atoms with Crippen LogP contribution in [0.2, 0.25) is 0 Å². The number of carbonyl (C=O) groups excluding carboxylic acids is 1. The van der Waals surface area contributed by atoms with Crippen LogP contribution in [0.15, 0.2) is 59.7 Å². The number of carbonyl (C=O) groups is 1. The van der Waals surface area contributed by atoms with Gasteiger partial charge in [-0.3, -0.25) is 4.79 Å². The van der Waals surface area contributed by atoms with Crippen molar-refractivity contribution in [1.82, 2.24) is 15.2 Å². The van der Waals surface area contributed by atoms with Crippen molar-refractivity contribution in [3.63, 3.8) is 0 Å². The van der Waals surface area contributed by atoms with Gasteiger partial charge in [-0.1, -0.05) is 24.3 Å². The van der Waals surface area contributed by atoms with Crippen molar-refractivity contribution >= 4 is 17.9 Å². The number of hydrogen-bond acceptors (Lipinski definition) is 5. The van der Waals surface area contributed by atoms with E-state index in [1.165, 1.54) is 29.1 Å². The van der Waals surface area contributed by atoms with Gasteiger partial charge in [0, 0.05) is 5.56 Å². The minimum absolute atomic E-state index is 0.201. The number of aromatic nitrogens is 2. The molecule has 1 N–H and O–H groups in total. The van der Waals surface area contributed by atoms with E-state index in [4.69, 9.17) is 0 Å². The van der Waals surface area contributed by atoms with Crippen molar-refractivity contribution in [2.75, 3.05) is 0 Å². The molecule has 8 nitrogen and oxygen atoms in total. The first-order valence-corrected chi connectivity index (χ1v) is 8.29. The predicted octanol–water partition coefficient (Wildman–Crippen LogP) is 3.05. The van der Waals surface area contributed by atoms with Crippen molar-refractivity contribution in [2.45, 2.75) is 13.5 Å². The van der Waals surface area contributed by atoms with Crippen LogP contribution in [-0.4, -0.2) is 26.8 Å². The molecule has 1 amide bonds. The van der Waals surface area contributed by atoms with E-state index < -0.39 is 10.8 Å². The maximum atomic E-state index is 12.8. The van der Waals surface area contributed by atoms with E-state index in [1.807, 2.05) is 0 Å². The van der Waals surface area contributed by atoms with Gasteiger partial charge in [0.25, 0.3) is 5.91 Å². The lowest BCUT2D eigenvalue weighted by atomic mass is 10.1. The number of amides is 1. The molecular formula is C19H16FN5O3. The third-order valence-corrected chi connectivity index (χ3v) is 3.95. The Morgan fingerprint density at radius 2 is 1.93 bits per heavy atom. The minimum Gasteiger partial charge on any atom is -0.358 e. The van der Waals surface area contributed by atoms with Crippen LogP contribution in [0.1, 0.15) is 27.2 Å². The number of rotatable bonds is 6. The number of hydrogen-bond donors (Lipinski definition) is 1. The van der Waals surface area contributed by atoms with Gasteiger partial charge in [-0.25, -0.2) is 9.82 Å². The normalized spacial score (nSPS) is 10.9. The summed E-state index contributed by atoms with van der Waals surface area (Å²) in [7, 11) is 0. The number of nitrogens with one attached hydrogen (secondary N) is 1. The standard InChI is InChI=1S/C19H16FN5O3/c1-13-10-18(25(27)28)23-24(13)12-15-2-6-16(7-3-15)19(26)22-21-11-14-4-8-17(20)9-5-14/h2-11H,12H2,1H3,(H,22,26)/b21-11+. The summed E-state index contributed by atoms with van der Waals surface area (Å²) in [5.74, 6) is -0.940. The Kier molecular flexibility index (Phi) is 5.54. The summed E-state index contributed by atoms with van der Waals surface area (Å²) < 4.78 is 14.4. The molecule has 0 fully saturated rings. The molecule has 0 radical (unpaired) electrons. The molecule has 0 aliphatic rings. The van der Waals surface area contributed by atoms with Gasteiger partial charge >= 0.3 is 5.82 Å². The lowest BCUT2D eigenvalue weighted by Crippen LogP contribution is -2.17. The molecule has 0 saturated carbocycles. The minimum atomic E-state index is -0.538. The molecule has 9 heteroatoms. The summed E-state index contributed by atoms with van der Waals surface area (Å²) in [4.78, 5) is 22.4. The summed E-state index contributed by atoms with van der Waals surface area (Å²) in [6.07, 6.45) is 1.42. The van der Waals surface area contributed by atoms with Gasteiger partial charge in [0.15, 0.2) is 0 Å². The second-order valence-corrected chi connectivity index (χ2v) is 6.01. The summed E-state index contributed by atoms with van der Waals surface area (Å²) >= 11 is 0. The molecular weight excluding hydrogens is 365 g/mol. The number of benzene rings is 2. The van der Waals surface area contributed by atoms with Gasteiger partial charge in [0.1, 0.15) is 5.82 Å². The Morgan fingerprint density at radius 3 is 2.54 bits per heavy atom. The number of nitro groups is 1. The van der Waals surface area contributed by atoms with Gasteiger partial charge in [0.05, 0.1) is 29.6 Å². The number of hydrazone groups is 1. The van der Waals surface area contributed by atoms with E-state index in [0.717, 1.165) is 5.56 Å². The molecule has 3 aromatic rings. The molecule has 2 aromatic carbocycles. The Morgan fingerprint density at radius 1 is 1.25 bits per heavy atom. The van der Waals surface area contributed by atoms with Crippen LogP contribution < -0.4 is 5.43 Å². The van der Waals surface area contributed by atoms with Gasteiger partial charge < -0.3 is 10.1 Å². The zero-order valence-corrected chi connectivity index (χ0v) is 14.9. The summed E-state index contributed by atoms with van der Waals surface area (Å²) in [6, 6.07) is 13.8. The molecule has 0 unspecified atom stereocenters. The van der Waals surface area contributed by atoms with Gasteiger partial charge in [-0.05, 0) is 47.2 Å². The van der Waals surface area contributed by atoms with Crippen LogP contribution >= 0.6 is 0 Å². The lowest BCUT2D eigenvalue weighted by Gasteiger charge is -2.03. The van der Waals surface area contributed by atoms with E-state index in [1.54, 1.807) is 43.3 Å². The lowest BCUT2D eigenvalue weighted by molar-refractivity contribution is -0.389. The quantitative estimate of drug-likeness (QED) is 0.403. The van der Waals surface area contributed by atoms with Crippen LogP contribution in [0.25, 0.3) is 0 Å². The molecule has 1 heterocycles. The number of nitrogens with zero attached hydrogens (tertiary/aromatic N) is 4. The average Bonchev–Trinajstić information content (AvgIpc) is 3.05. The fourth-order valence-electron chi connectivity index (χ4n) is 2.46. The van der Waals surface area contributed by atoms with Crippen LogP contribution in [-0.2, 0) is 6.54 Å². The third kappa shape index (κ3) is 4.64. The number of halogens is 1. The van der Waals surface area contributed by atoms with Crippen molar-refractivity contribution in [1.29, 1.82) is 0 Å². The van der Waals surface area contributed by atoms with Crippen LogP contribution in [0, 0.1) is 22.9 Å². The molecule has 28 heavy (non-hydrogen) atoms. The molecule has 0 bridgehead atoms. The highest BCUT2D eigenvalue weighted by Crippen LogP contribution is 2.13. The second kappa shape index (κ2) is 8.21. The molecule has 0 saturated heterocycles. The first-order chi connectivity index (χ1) is 13.4. The predicted molar refractivity (Wildman–Crippen MR) is 101 cm³/mol. The molecule has 0 aliphatic heterocycles. The highest BCUT2D eigenvalue weighted by molar-refractivity contribution is 5.94. The van der Waals surface area contributed by atoms with E-state index in [9.17, 15) is 19.3 Å². The van der Waals surface area contributed by atoms with Crippen LogP contribution in [0.5, 0.6) is 0 Å². The second-order valence-electron chi connectivity index (χ2n) is 6.01. The van der Waals surface area contributed by atoms with Gasteiger partial charge in [-0.15, -0.1) is 0 Å². The van der Waals surface area contributed by atoms with Crippen molar-refractivity contribution in [3.8, 4) is 0 Å². The van der Waals surface area contributed by atoms with Crippen LogP contribution in [0.4, 0.5) is 10.2 Å².